The van der Waals surface area contributed by atoms with E-state index in [1.165, 1.54) is 0 Å². The molecule has 25 heavy (non-hydrogen) atoms. The Labute approximate surface area is 144 Å². The first-order valence-corrected chi connectivity index (χ1v) is 8.27. The average molecular weight is 340 g/mol. The molecule has 0 radical (unpaired) electrons. The quantitative estimate of drug-likeness (QED) is 0.696. The fourth-order valence-corrected chi connectivity index (χ4v) is 2.87. The SMILES string of the molecule is CCCc1nn(C)c2c(=O)[nH]c(-c3cc(C=O)ccc3OCC)nc12. The molecule has 0 fully saturated rings. The van der Waals surface area contributed by atoms with Crippen LogP contribution in [0.4, 0.5) is 0 Å². The molecule has 0 aliphatic rings. The van der Waals surface area contributed by atoms with Crippen molar-refractivity contribution >= 4 is 17.3 Å². The molecule has 3 aromatic rings. The molecular formula is C18H20N4O3. The van der Waals surface area contributed by atoms with Gasteiger partial charge >= 0.3 is 0 Å². The zero-order valence-electron chi connectivity index (χ0n) is 14.5. The first-order chi connectivity index (χ1) is 12.1. The van der Waals surface area contributed by atoms with E-state index in [1.54, 1.807) is 29.9 Å². The number of hydrogen-bond acceptors (Lipinski definition) is 5. The van der Waals surface area contributed by atoms with E-state index >= 15 is 0 Å². The van der Waals surface area contributed by atoms with E-state index in [9.17, 15) is 9.59 Å². The highest BCUT2D eigenvalue weighted by Gasteiger charge is 2.17. The molecule has 3 rings (SSSR count). The number of aldehydes is 1. The van der Waals surface area contributed by atoms with Crippen molar-refractivity contribution in [2.24, 2.45) is 7.05 Å². The third-order valence-electron chi connectivity index (χ3n) is 3.94. The van der Waals surface area contributed by atoms with Crippen LogP contribution in [0.25, 0.3) is 22.4 Å². The standard InChI is InChI=1S/C18H20N4O3/c1-4-6-13-15-16(22(3)21-13)18(24)20-17(19-15)12-9-11(10-23)7-8-14(12)25-5-2/h7-10H,4-6H2,1-3H3,(H,19,20,24). The maximum atomic E-state index is 12.6. The lowest BCUT2D eigenvalue weighted by molar-refractivity contribution is 0.112. The van der Waals surface area contributed by atoms with Gasteiger partial charge in [0.1, 0.15) is 23.4 Å². The zero-order chi connectivity index (χ0) is 18.0. The molecule has 0 amide bonds. The number of aromatic nitrogens is 4. The molecule has 0 spiro atoms. The Balaban J connectivity index is 2.27. The third kappa shape index (κ3) is 3.05. The van der Waals surface area contributed by atoms with Crippen LogP contribution in [0, 0.1) is 0 Å². The van der Waals surface area contributed by atoms with Crippen LogP contribution in [0.15, 0.2) is 23.0 Å². The smallest absolute Gasteiger partial charge is 0.277 e. The Morgan fingerprint density at radius 1 is 1.32 bits per heavy atom. The number of carbonyl (C=O) groups excluding carboxylic acids is 1. The molecular weight excluding hydrogens is 320 g/mol. The third-order valence-corrected chi connectivity index (χ3v) is 3.94. The summed E-state index contributed by atoms with van der Waals surface area (Å²) in [6.07, 6.45) is 2.39. The van der Waals surface area contributed by atoms with Gasteiger partial charge in [-0.05, 0) is 31.5 Å². The molecule has 2 heterocycles. The molecule has 0 bridgehead atoms. The molecule has 1 aromatic carbocycles. The Bertz CT molecular complexity index is 988. The first-order valence-electron chi connectivity index (χ1n) is 8.27. The fraction of sp³-hybridized carbons (Fsp3) is 0.333. The van der Waals surface area contributed by atoms with Crippen molar-refractivity contribution in [2.75, 3.05) is 6.61 Å². The fourth-order valence-electron chi connectivity index (χ4n) is 2.87. The van der Waals surface area contributed by atoms with Gasteiger partial charge < -0.3 is 9.72 Å². The van der Waals surface area contributed by atoms with Gasteiger partial charge in [0.15, 0.2) is 5.52 Å². The van der Waals surface area contributed by atoms with Crippen LogP contribution in [-0.2, 0) is 13.5 Å². The molecule has 7 nitrogen and oxygen atoms in total. The molecule has 2 aromatic heterocycles. The van der Waals surface area contributed by atoms with Gasteiger partial charge in [-0.2, -0.15) is 5.10 Å². The second-order valence-electron chi connectivity index (χ2n) is 5.74. The van der Waals surface area contributed by atoms with Crippen LogP contribution >= 0.6 is 0 Å². The summed E-state index contributed by atoms with van der Waals surface area (Å²) in [4.78, 5) is 31.1. The van der Waals surface area contributed by atoms with E-state index in [0.29, 0.717) is 40.3 Å². The molecule has 0 aliphatic carbocycles. The van der Waals surface area contributed by atoms with Gasteiger partial charge in [-0.25, -0.2) is 4.98 Å². The van der Waals surface area contributed by atoms with E-state index in [2.05, 4.69) is 22.0 Å². The highest BCUT2D eigenvalue weighted by Crippen LogP contribution is 2.29. The second kappa shape index (κ2) is 6.88. The number of benzene rings is 1. The van der Waals surface area contributed by atoms with Crippen molar-refractivity contribution in [3.63, 3.8) is 0 Å². The summed E-state index contributed by atoms with van der Waals surface area (Å²) < 4.78 is 7.18. The summed E-state index contributed by atoms with van der Waals surface area (Å²) in [5.41, 5.74) is 2.62. The number of carbonyl (C=O) groups is 1. The van der Waals surface area contributed by atoms with E-state index in [1.807, 2.05) is 6.92 Å². The minimum atomic E-state index is -0.267. The molecule has 7 heteroatoms. The lowest BCUT2D eigenvalue weighted by Gasteiger charge is -2.10. The summed E-state index contributed by atoms with van der Waals surface area (Å²) in [7, 11) is 1.73. The van der Waals surface area contributed by atoms with Gasteiger partial charge in [-0.1, -0.05) is 13.3 Å². The van der Waals surface area contributed by atoms with Gasteiger partial charge in [-0.3, -0.25) is 14.3 Å². The highest BCUT2D eigenvalue weighted by atomic mass is 16.5. The number of rotatable bonds is 6. The van der Waals surface area contributed by atoms with E-state index < -0.39 is 0 Å². The second-order valence-corrected chi connectivity index (χ2v) is 5.74. The van der Waals surface area contributed by atoms with Crippen molar-refractivity contribution in [1.29, 1.82) is 0 Å². The highest BCUT2D eigenvalue weighted by molar-refractivity contribution is 5.82. The number of nitrogens with one attached hydrogen (secondary N) is 1. The number of ether oxygens (including phenoxy) is 1. The molecule has 0 saturated heterocycles. The maximum absolute atomic E-state index is 12.6. The van der Waals surface area contributed by atoms with Gasteiger partial charge in [0, 0.05) is 12.6 Å². The number of nitrogens with zero attached hydrogens (tertiary/aromatic N) is 3. The Morgan fingerprint density at radius 2 is 2.12 bits per heavy atom. The first kappa shape index (κ1) is 16.9. The number of H-pyrrole nitrogens is 1. The molecule has 0 atom stereocenters. The predicted molar refractivity (Wildman–Crippen MR) is 95.1 cm³/mol. The summed E-state index contributed by atoms with van der Waals surface area (Å²) >= 11 is 0. The number of fused-ring (bicyclic) bond motifs is 1. The predicted octanol–water partition coefficient (Wildman–Crippen LogP) is 2.49. The molecule has 0 saturated carbocycles. The van der Waals surface area contributed by atoms with Crippen molar-refractivity contribution < 1.29 is 9.53 Å². The minimum Gasteiger partial charge on any atom is -0.493 e. The molecule has 130 valence electrons. The number of aryl methyl sites for hydroxylation is 2. The minimum absolute atomic E-state index is 0.267. The summed E-state index contributed by atoms with van der Waals surface area (Å²) in [5.74, 6) is 0.937. The lowest BCUT2D eigenvalue weighted by atomic mass is 10.1. The van der Waals surface area contributed by atoms with Crippen LogP contribution in [0.1, 0.15) is 36.3 Å². The largest absolute Gasteiger partial charge is 0.493 e. The monoisotopic (exact) mass is 340 g/mol. The average Bonchev–Trinajstić information content (AvgIpc) is 2.92. The maximum Gasteiger partial charge on any atom is 0.277 e. The summed E-state index contributed by atoms with van der Waals surface area (Å²) in [6, 6.07) is 5.05. The topological polar surface area (TPSA) is 89.9 Å². The van der Waals surface area contributed by atoms with Gasteiger partial charge in [0.25, 0.3) is 5.56 Å². The van der Waals surface area contributed by atoms with Crippen LogP contribution < -0.4 is 10.3 Å². The van der Waals surface area contributed by atoms with Crippen molar-refractivity contribution in [3.05, 3.63) is 39.8 Å². The van der Waals surface area contributed by atoms with Gasteiger partial charge in [-0.15, -0.1) is 0 Å². The van der Waals surface area contributed by atoms with Crippen LogP contribution in [0.3, 0.4) is 0 Å². The number of aromatic amines is 1. The molecule has 0 aliphatic heterocycles. The Morgan fingerprint density at radius 3 is 2.80 bits per heavy atom. The van der Waals surface area contributed by atoms with Crippen LogP contribution in [-0.4, -0.2) is 32.6 Å². The van der Waals surface area contributed by atoms with Gasteiger partial charge in [0.05, 0.1) is 17.9 Å². The Hall–Kier alpha value is -2.96. The van der Waals surface area contributed by atoms with Crippen molar-refractivity contribution in [2.45, 2.75) is 26.7 Å². The summed E-state index contributed by atoms with van der Waals surface area (Å²) in [5, 5.41) is 4.41. The lowest BCUT2D eigenvalue weighted by Crippen LogP contribution is -2.13. The van der Waals surface area contributed by atoms with Crippen molar-refractivity contribution in [1.82, 2.24) is 19.7 Å². The van der Waals surface area contributed by atoms with E-state index in [0.717, 1.165) is 24.8 Å². The zero-order valence-corrected chi connectivity index (χ0v) is 14.5. The summed E-state index contributed by atoms with van der Waals surface area (Å²) in [6.45, 7) is 4.39. The molecule has 0 unspecified atom stereocenters. The van der Waals surface area contributed by atoms with Crippen LogP contribution in [0.2, 0.25) is 0 Å². The normalized spacial score (nSPS) is 11.0. The Kier molecular flexibility index (Phi) is 4.65. The van der Waals surface area contributed by atoms with E-state index in [-0.39, 0.29) is 5.56 Å². The molecule has 1 N–H and O–H groups in total. The van der Waals surface area contributed by atoms with Crippen molar-refractivity contribution in [3.8, 4) is 17.1 Å². The number of hydrogen-bond donors (Lipinski definition) is 1. The van der Waals surface area contributed by atoms with E-state index in [4.69, 9.17) is 4.74 Å². The van der Waals surface area contributed by atoms with Gasteiger partial charge in [0.2, 0.25) is 0 Å². The van der Waals surface area contributed by atoms with Crippen LogP contribution in [0.5, 0.6) is 5.75 Å².